The second-order valence-corrected chi connectivity index (χ2v) is 9.75. The number of primary amides is 1. The molecule has 0 aliphatic heterocycles. The summed E-state index contributed by atoms with van der Waals surface area (Å²) in [6.07, 6.45) is 3.09. The van der Waals surface area contributed by atoms with Crippen LogP contribution in [0, 0.1) is 6.92 Å². The first kappa shape index (κ1) is 31.0. The lowest BCUT2D eigenvalue weighted by Crippen LogP contribution is -2.48. The number of ether oxygens (including phenoxy) is 2. The lowest BCUT2D eigenvalue weighted by molar-refractivity contribution is -0.141. The van der Waals surface area contributed by atoms with Gasteiger partial charge in [-0.15, -0.1) is 0 Å². The van der Waals surface area contributed by atoms with Crippen LogP contribution < -0.4 is 30.7 Å². The Morgan fingerprint density at radius 3 is 2.29 bits per heavy atom. The number of methoxy groups -OCH3 is 2. The van der Waals surface area contributed by atoms with Gasteiger partial charge in [0.2, 0.25) is 11.8 Å². The van der Waals surface area contributed by atoms with E-state index in [1.165, 1.54) is 6.92 Å². The molecule has 0 fully saturated rings. The minimum absolute atomic E-state index is 0.0215. The molecule has 11 heteroatoms. The third-order valence-corrected chi connectivity index (χ3v) is 6.58. The fourth-order valence-corrected chi connectivity index (χ4v) is 4.60. The molecule has 220 valence electrons. The molecule has 0 bridgehead atoms. The number of para-hydroxylation sites is 1. The Morgan fingerprint density at radius 2 is 1.66 bits per heavy atom. The van der Waals surface area contributed by atoms with Crippen LogP contribution in [0.1, 0.15) is 60.6 Å². The standard InChI is InChI=1S/C30H38N4O7/c1-19-16-26(39-3)22(27(17-19)40-4)11-6-5-9-15-32-29(37)23(13-14-28(31)36)33-30(38)25-18-21-10-7-8-12-24(21)34(25)41-20(2)35/h7-8,10,12,16-18,23H,5-6,9,11,13-15H2,1-4H3,(H2,31,36)(H,32,37)(H,33,38). The van der Waals surface area contributed by atoms with E-state index in [9.17, 15) is 19.2 Å². The van der Waals surface area contributed by atoms with Gasteiger partial charge in [0.15, 0.2) is 0 Å². The van der Waals surface area contributed by atoms with Gasteiger partial charge in [-0.25, -0.2) is 4.79 Å². The second kappa shape index (κ2) is 14.7. The monoisotopic (exact) mass is 566 g/mol. The number of hydrogen-bond acceptors (Lipinski definition) is 7. The van der Waals surface area contributed by atoms with Crippen LogP contribution in [0.15, 0.2) is 42.5 Å². The molecule has 11 nitrogen and oxygen atoms in total. The van der Waals surface area contributed by atoms with Crippen molar-refractivity contribution in [2.45, 2.75) is 58.4 Å². The fourth-order valence-electron chi connectivity index (χ4n) is 4.60. The van der Waals surface area contributed by atoms with E-state index >= 15 is 0 Å². The number of nitrogens with two attached hydrogens (primary N) is 1. The van der Waals surface area contributed by atoms with Crippen LogP contribution in [0.4, 0.5) is 0 Å². The Kier molecular flexibility index (Phi) is 11.1. The number of carbonyl (C=O) groups is 4. The summed E-state index contributed by atoms with van der Waals surface area (Å²) in [5.41, 5.74) is 7.92. The summed E-state index contributed by atoms with van der Waals surface area (Å²) >= 11 is 0. The number of nitrogens with zero attached hydrogens (tertiary/aromatic N) is 1. The molecule has 4 N–H and O–H groups in total. The van der Waals surface area contributed by atoms with Crippen LogP contribution in [0.3, 0.4) is 0 Å². The number of benzene rings is 2. The van der Waals surface area contributed by atoms with Crippen LogP contribution in [-0.2, 0) is 20.8 Å². The first-order valence-electron chi connectivity index (χ1n) is 13.5. The Bertz CT molecular complexity index is 1370. The third-order valence-electron chi connectivity index (χ3n) is 6.58. The zero-order valence-corrected chi connectivity index (χ0v) is 24.0. The molecule has 1 unspecified atom stereocenters. The Labute approximate surface area is 239 Å². The maximum atomic E-state index is 13.2. The van der Waals surface area contributed by atoms with Crippen LogP contribution in [0.5, 0.6) is 11.5 Å². The molecule has 3 aromatic rings. The van der Waals surface area contributed by atoms with E-state index in [0.29, 0.717) is 23.9 Å². The quantitative estimate of drug-likeness (QED) is 0.239. The van der Waals surface area contributed by atoms with Gasteiger partial charge < -0.3 is 30.7 Å². The van der Waals surface area contributed by atoms with Crippen LogP contribution in [-0.4, -0.2) is 55.2 Å². The number of aryl methyl sites for hydroxylation is 1. The van der Waals surface area contributed by atoms with Gasteiger partial charge in [-0.2, -0.15) is 4.73 Å². The third kappa shape index (κ3) is 8.47. The highest BCUT2D eigenvalue weighted by atomic mass is 16.7. The van der Waals surface area contributed by atoms with Crippen molar-refractivity contribution >= 4 is 34.6 Å². The van der Waals surface area contributed by atoms with Crippen LogP contribution >= 0.6 is 0 Å². The molecule has 1 atom stereocenters. The number of rotatable bonds is 15. The molecule has 0 aliphatic rings. The largest absolute Gasteiger partial charge is 0.496 e. The van der Waals surface area contributed by atoms with Gasteiger partial charge in [-0.3, -0.25) is 14.4 Å². The summed E-state index contributed by atoms with van der Waals surface area (Å²) in [6.45, 7) is 3.60. The Hall–Kier alpha value is -4.54. The number of amides is 3. The number of nitrogens with one attached hydrogen (secondary N) is 2. The van der Waals surface area contributed by atoms with E-state index in [4.69, 9.17) is 20.0 Å². The van der Waals surface area contributed by atoms with E-state index in [1.807, 2.05) is 19.1 Å². The molecule has 0 saturated carbocycles. The highest BCUT2D eigenvalue weighted by Gasteiger charge is 2.25. The number of unbranched alkanes of at least 4 members (excludes halogenated alkanes) is 2. The number of fused-ring (bicyclic) bond motifs is 1. The molecule has 0 spiro atoms. The molecular weight excluding hydrogens is 528 g/mol. The Balaban J connectivity index is 1.60. The summed E-state index contributed by atoms with van der Waals surface area (Å²) in [5, 5.41) is 6.19. The highest BCUT2D eigenvalue weighted by Crippen LogP contribution is 2.31. The average molecular weight is 567 g/mol. The van der Waals surface area contributed by atoms with Crippen molar-refractivity contribution in [3.8, 4) is 11.5 Å². The van der Waals surface area contributed by atoms with Gasteiger partial charge in [0.25, 0.3) is 5.91 Å². The summed E-state index contributed by atoms with van der Waals surface area (Å²) in [6, 6.07) is 11.5. The summed E-state index contributed by atoms with van der Waals surface area (Å²) in [7, 11) is 3.27. The lowest BCUT2D eigenvalue weighted by Gasteiger charge is -2.18. The minimum Gasteiger partial charge on any atom is -0.496 e. The van der Waals surface area contributed by atoms with Gasteiger partial charge in [0.05, 0.1) is 19.7 Å². The Morgan fingerprint density at radius 1 is 0.976 bits per heavy atom. The molecule has 0 aliphatic carbocycles. The van der Waals surface area contributed by atoms with Crippen molar-refractivity contribution in [3.05, 3.63) is 59.3 Å². The van der Waals surface area contributed by atoms with Crippen LogP contribution in [0.25, 0.3) is 10.9 Å². The molecular formula is C30H38N4O7. The molecule has 0 saturated heterocycles. The molecule has 41 heavy (non-hydrogen) atoms. The normalized spacial score (nSPS) is 11.5. The van der Waals surface area contributed by atoms with Crippen molar-refractivity contribution in [1.29, 1.82) is 0 Å². The van der Waals surface area contributed by atoms with E-state index in [1.54, 1.807) is 44.6 Å². The maximum absolute atomic E-state index is 13.2. The van der Waals surface area contributed by atoms with E-state index in [2.05, 4.69) is 10.6 Å². The smallest absolute Gasteiger partial charge is 0.329 e. The van der Waals surface area contributed by atoms with Gasteiger partial charge in [-0.05, 0) is 62.4 Å². The zero-order chi connectivity index (χ0) is 29.9. The zero-order valence-electron chi connectivity index (χ0n) is 24.0. The van der Waals surface area contributed by atoms with Gasteiger partial charge in [0.1, 0.15) is 23.2 Å². The molecule has 1 heterocycles. The topological polar surface area (TPSA) is 151 Å². The SMILES string of the molecule is COc1cc(C)cc(OC)c1CCCCCNC(=O)C(CCC(N)=O)NC(=O)c1cc2ccccc2n1OC(C)=O. The summed E-state index contributed by atoms with van der Waals surface area (Å²) in [5.74, 6) is -0.688. The average Bonchev–Trinajstić information content (AvgIpc) is 3.30. The lowest BCUT2D eigenvalue weighted by atomic mass is 10.0. The number of carbonyl (C=O) groups excluding carboxylic acids is 4. The predicted molar refractivity (Wildman–Crippen MR) is 154 cm³/mol. The van der Waals surface area contributed by atoms with Crippen molar-refractivity contribution < 1.29 is 33.5 Å². The second-order valence-electron chi connectivity index (χ2n) is 9.75. The van der Waals surface area contributed by atoms with E-state index in [0.717, 1.165) is 46.6 Å². The minimum atomic E-state index is -1.01. The van der Waals surface area contributed by atoms with Gasteiger partial charge in [-0.1, -0.05) is 24.6 Å². The van der Waals surface area contributed by atoms with Gasteiger partial charge >= 0.3 is 5.97 Å². The van der Waals surface area contributed by atoms with Gasteiger partial charge in [0, 0.05) is 30.8 Å². The molecule has 1 aromatic heterocycles. The van der Waals surface area contributed by atoms with E-state index < -0.39 is 29.7 Å². The molecule has 3 rings (SSSR count). The maximum Gasteiger partial charge on any atom is 0.329 e. The summed E-state index contributed by atoms with van der Waals surface area (Å²) in [4.78, 5) is 54.6. The summed E-state index contributed by atoms with van der Waals surface area (Å²) < 4.78 is 12.2. The van der Waals surface area contributed by atoms with Crippen LogP contribution in [0.2, 0.25) is 0 Å². The first-order chi connectivity index (χ1) is 19.6. The molecule has 3 amide bonds. The highest BCUT2D eigenvalue weighted by molar-refractivity contribution is 6.01. The first-order valence-corrected chi connectivity index (χ1v) is 13.5. The van der Waals surface area contributed by atoms with Crippen molar-refractivity contribution in [2.24, 2.45) is 5.73 Å². The van der Waals surface area contributed by atoms with Crippen molar-refractivity contribution in [2.75, 3.05) is 20.8 Å². The van der Waals surface area contributed by atoms with Crippen molar-refractivity contribution in [3.63, 3.8) is 0 Å². The number of hydrogen-bond donors (Lipinski definition) is 3. The molecule has 0 radical (unpaired) electrons. The van der Waals surface area contributed by atoms with E-state index in [-0.39, 0.29) is 18.5 Å². The predicted octanol–water partition coefficient (Wildman–Crippen LogP) is 2.84. The van der Waals surface area contributed by atoms with Crippen molar-refractivity contribution in [1.82, 2.24) is 15.4 Å². The number of aromatic nitrogens is 1. The molecule has 2 aromatic carbocycles. The fraction of sp³-hybridized carbons (Fsp3) is 0.400.